The zero-order valence-electron chi connectivity index (χ0n) is 11.6. The number of nitrogens with one attached hydrogen (secondary N) is 1. The molecule has 0 saturated heterocycles. The van der Waals surface area contributed by atoms with Crippen LogP contribution in [0, 0.1) is 5.82 Å². The summed E-state index contributed by atoms with van der Waals surface area (Å²) >= 11 is 0. The van der Waals surface area contributed by atoms with Gasteiger partial charge in [0.05, 0.1) is 0 Å². The number of benzene rings is 1. The smallest absolute Gasteiger partial charge is 0.329 e. The number of hydrogen-bond donors (Lipinski definition) is 2. The van der Waals surface area contributed by atoms with Crippen LogP contribution in [0.4, 0.5) is 4.39 Å². The van der Waals surface area contributed by atoms with Crippen LogP contribution in [0.25, 0.3) is 0 Å². The van der Waals surface area contributed by atoms with Crippen molar-refractivity contribution in [3.63, 3.8) is 0 Å². The van der Waals surface area contributed by atoms with Gasteiger partial charge in [0.25, 0.3) is 5.91 Å². The van der Waals surface area contributed by atoms with Crippen molar-refractivity contribution in [2.75, 3.05) is 6.61 Å². The van der Waals surface area contributed by atoms with Gasteiger partial charge in [-0.05, 0) is 37.1 Å². The fraction of sp³-hybridized carbons (Fsp3) is 0.467. The standard InChI is InChI=1S/C15H18FNO4/c16-11-4-6-12(7-5-11)21-10-13(18)17-15(14(19)20)8-2-1-3-9-15/h4-7H,1-3,8-10H2,(H,17,18)(H,19,20). The second kappa shape index (κ2) is 6.56. The van der Waals surface area contributed by atoms with Crippen LogP contribution in [-0.4, -0.2) is 29.1 Å². The van der Waals surface area contributed by atoms with E-state index in [4.69, 9.17) is 4.74 Å². The van der Waals surface area contributed by atoms with Gasteiger partial charge in [-0.3, -0.25) is 4.79 Å². The number of halogens is 1. The molecule has 1 amide bonds. The van der Waals surface area contributed by atoms with Crippen LogP contribution < -0.4 is 10.1 Å². The van der Waals surface area contributed by atoms with Gasteiger partial charge in [-0.1, -0.05) is 19.3 Å². The zero-order valence-corrected chi connectivity index (χ0v) is 11.6. The van der Waals surface area contributed by atoms with Gasteiger partial charge in [0.15, 0.2) is 6.61 Å². The molecule has 1 fully saturated rings. The van der Waals surface area contributed by atoms with Crippen molar-refractivity contribution in [2.45, 2.75) is 37.6 Å². The van der Waals surface area contributed by atoms with Gasteiger partial charge in [0.1, 0.15) is 17.1 Å². The number of aliphatic carboxylic acids is 1. The molecular weight excluding hydrogens is 277 g/mol. The van der Waals surface area contributed by atoms with Crippen molar-refractivity contribution >= 4 is 11.9 Å². The molecular formula is C15H18FNO4. The molecule has 6 heteroatoms. The van der Waals surface area contributed by atoms with Gasteiger partial charge < -0.3 is 15.2 Å². The van der Waals surface area contributed by atoms with E-state index < -0.39 is 17.4 Å². The Morgan fingerprint density at radius 2 is 1.81 bits per heavy atom. The van der Waals surface area contributed by atoms with Gasteiger partial charge in [-0.2, -0.15) is 0 Å². The number of carbonyl (C=O) groups is 2. The summed E-state index contributed by atoms with van der Waals surface area (Å²) in [5, 5.41) is 11.9. The van der Waals surface area contributed by atoms with E-state index >= 15 is 0 Å². The monoisotopic (exact) mass is 295 g/mol. The van der Waals surface area contributed by atoms with Crippen LogP contribution in [0.5, 0.6) is 5.75 Å². The van der Waals surface area contributed by atoms with Crippen LogP contribution in [-0.2, 0) is 9.59 Å². The van der Waals surface area contributed by atoms with E-state index in [1.54, 1.807) is 0 Å². The van der Waals surface area contributed by atoms with Crippen LogP contribution in [0.2, 0.25) is 0 Å². The third-order valence-electron chi connectivity index (χ3n) is 3.68. The Balaban J connectivity index is 1.90. The first-order chi connectivity index (χ1) is 10.0. The first-order valence-corrected chi connectivity index (χ1v) is 6.95. The summed E-state index contributed by atoms with van der Waals surface area (Å²) in [6, 6.07) is 5.28. The Morgan fingerprint density at radius 1 is 1.19 bits per heavy atom. The molecule has 0 aromatic heterocycles. The Hall–Kier alpha value is -2.11. The number of carbonyl (C=O) groups excluding carboxylic acids is 1. The summed E-state index contributed by atoms with van der Waals surface area (Å²) in [5.41, 5.74) is -1.18. The van der Waals surface area contributed by atoms with Gasteiger partial charge >= 0.3 is 5.97 Å². The van der Waals surface area contributed by atoms with Crippen molar-refractivity contribution in [1.82, 2.24) is 5.32 Å². The molecule has 1 saturated carbocycles. The molecule has 0 heterocycles. The highest BCUT2D eigenvalue weighted by Crippen LogP contribution is 2.28. The highest BCUT2D eigenvalue weighted by molar-refractivity contribution is 5.87. The number of carboxylic acids is 1. The lowest BCUT2D eigenvalue weighted by Crippen LogP contribution is -2.56. The summed E-state index contributed by atoms with van der Waals surface area (Å²) in [4.78, 5) is 23.3. The molecule has 1 aromatic rings. The lowest BCUT2D eigenvalue weighted by molar-refractivity contribution is -0.149. The van der Waals surface area contributed by atoms with E-state index in [-0.39, 0.29) is 12.4 Å². The predicted octanol–water partition coefficient (Wildman–Crippen LogP) is 2.11. The molecule has 0 spiro atoms. The van der Waals surface area contributed by atoms with Gasteiger partial charge in [0, 0.05) is 0 Å². The molecule has 1 aliphatic rings. The number of ether oxygens (including phenoxy) is 1. The maximum atomic E-state index is 12.7. The number of carboxylic acid groups (broad SMARTS) is 1. The molecule has 0 aliphatic heterocycles. The molecule has 0 atom stereocenters. The summed E-state index contributed by atoms with van der Waals surface area (Å²) in [7, 11) is 0. The van der Waals surface area contributed by atoms with E-state index in [2.05, 4.69) is 5.32 Å². The average Bonchev–Trinajstić information content (AvgIpc) is 2.47. The highest BCUT2D eigenvalue weighted by Gasteiger charge is 2.40. The third kappa shape index (κ3) is 3.93. The second-order valence-corrected chi connectivity index (χ2v) is 5.24. The molecule has 0 unspecified atom stereocenters. The van der Waals surface area contributed by atoms with Crippen LogP contribution in [0.3, 0.4) is 0 Å². The normalized spacial score (nSPS) is 17.0. The minimum absolute atomic E-state index is 0.291. The Bertz CT molecular complexity index is 509. The Labute approximate surface area is 122 Å². The van der Waals surface area contributed by atoms with Crippen LogP contribution in [0.15, 0.2) is 24.3 Å². The van der Waals surface area contributed by atoms with Crippen LogP contribution in [0.1, 0.15) is 32.1 Å². The summed E-state index contributed by atoms with van der Waals surface area (Å²) in [6.07, 6.45) is 3.42. The van der Waals surface area contributed by atoms with Crippen molar-refractivity contribution in [3.05, 3.63) is 30.1 Å². The Kier molecular flexibility index (Phi) is 4.77. The van der Waals surface area contributed by atoms with Gasteiger partial charge in [0.2, 0.25) is 0 Å². The van der Waals surface area contributed by atoms with E-state index in [0.717, 1.165) is 19.3 Å². The summed E-state index contributed by atoms with van der Waals surface area (Å²) < 4.78 is 18.0. The zero-order chi connectivity index (χ0) is 15.3. The Morgan fingerprint density at radius 3 is 2.38 bits per heavy atom. The van der Waals surface area contributed by atoms with E-state index in [0.29, 0.717) is 18.6 Å². The number of rotatable bonds is 5. The first-order valence-electron chi connectivity index (χ1n) is 6.95. The summed E-state index contributed by atoms with van der Waals surface area (Å²) in [6.45, 7) is -0.291. The largest absolute Gasteiger partial charge is 0.484 e. The molecule has 1 aliphatic carbocycles. The SMILES string of the molecule is O=C(COc1ccc(F)cc1)NC1(C(=O)O)CCCCC1. The first kappa shape index (κ1) is 15.3. The van der Waals surface area contributed by atoms with Gasteiger partial charge in [-0.25, -0.2) is 9.18 Å². The minimum Gasteiger partial charge on any atom is -0.484 e. The molecule has 0 bridgehead atoms. The molecule has 5 nitrogen and oxygen atoms in total. The van der Waals surface area contributed by atoms with Gasteiger partial charge in [-0.15, -0.1) is 0 Å². The number of hydrogen-bond acceptors (Lipinski definition) is 3. The van der Waals surface area contributed by atoms with Crippen molar-refractivity contribution < 1.29 is 23.8 Å². The second-order valence-electron chi connectivity index (χ2n) is 5.24. The fourth-order valence-electron chi connectivity index (χ4n) is 2.53. The maximum Gasteiger partial charge on any atom is 0.329 e. The molecule has 114 valence electrons. The number of amides is 1. The lowest BCUT2D eigenvalue weighted by Gasteiger charge is -2.33. The van der Waals surface area contributed by atoms with E-state index in [1.807, 2.05) is 0 Å². The van der Waals surface area contributed by atoms with Crippen molar-refractivity contribution in [2.24, 2.45) is 0 Å². The quantitative estimate of drug-likeness (QED) is 0.872. The van der Waals surface area contributed by atoms with Crippen molar-refractivity contribution in [3.8, 4) is 5.75 Å². The highest BCUT2D eigenvalue weighted by atomic mass is 19.1. The molecule has 21 heavy (non-hydrogen) atoms. The molecule has 2 rings (SSSR count). The van der Waals surface area contributed by atoms with Crippen molar-refractivity contribution in [1.29, 1.82) is 0 Å². The van der Waals surface area contributed by atoms with E-state index in [9.17, 15) is 19.1 Å². The minimum atomic E-state index is -1.18. The van der Waals surface area contributed by atoms with Crippen LogP contribution >= 0.6 is 0 Å². The average molecular weight is 295 g/mol. The molecule has 2 N–H and O–H groups in total. The fourth-order valence-corrected chi connectivity index (χ4v) is 2.53. The third-order valence-corrected chi connectivity index (χ3v) is 3.68. The van der Waals surface area contributed by atoms with E-state index in [1.165, 1.54) is 24.3 Å². The molecule has 0 radical (unpaired) electrons. The summed E-state index contributed by atoms with van der Waals surface area (Å²) in [5.74, 6) is -1.51. The molecule has 1 aromatic carbocycles. The maximum absolute atomic E-state index is 12.7. The topological polar surface area (TPSA) is 75.6 Å². The lowest BCUT2D eigenvalue weighted by atomic mass is 9.81. The predicted molar refractivity (Wildman–Crippen MR) is 73.5 cm³/mol.